The van der Waals surface area contributed by atoms with Crippen molar-refractivity contribution in [3.63, 3.8) is 0 Å². The van der Waals surface area contributed by atoms with Gasteiger partial charge in [-0.3, -0.25) is 0 Å². The molecule has 1 aliphatic rings. The zero-order chi connectivity index (χ0) is 20.6. The van der Waals surface area contributed by atoms with Crippen LogP contribution in [0.1, 0.15) is 0 Å². The number of benzene rings is 2. The molecule has 2 aromatic rings. The summed E-state index contributed by atoms with van der Waals surface area (Å²) in [5, 5.41) is 0. The highest BCUT2D eigenvalue weighted by Crippen LogP contribution is 2.32. The van der Waals surface area contributed by atoms with Crippen LogP contribution >= 0.6 is 0 Å². The van der Waals surface area contributed by atoms with Crippen LogP contribution in [-0.4, -0.2) is 46.0 Å². The van der Waals surface area contributed by atoms with Crippen molar-refractivity contribution in [3.05, 3.63) is 53.4 Å². The van der Waals surface area contributed by atoms with Crippen molar-refractivity contribution in [1.29, 1.82) is 0 Å². The van der Waals surface area contributed by atoms with Gasteiger partial charge in [-0.25, -0.2) is 30.4 Å². The Morgan fingerprint density at radius 1 is 0.821 bits per heavy atom. The lowest BCUT2D eigenvalue weighted by molar-refractivity contribution is 0.343. The van der Waals surface area contributed by atoms with Gasteiger partial charge in [0.25, 0.3) is 0 Å². The Bertz CT molecular complexity index is 979. The average molecular weight is 422 g/mol. The number of hydrogen-bond donors (Lipinski definition) is 0. The molecule has 0 aromatic heterocycles. The normalized spacial score (nSPS) is 15.7. The van der Waals surface area contributed by atoms with E-state index in [0.717, 1.165) is 0 Å². The maximum atomic E-state index is 13.9. The lowest BCUT2D eigenvalue weighted by atomic mass is 10.2. The molecule has 2 aromatic carbocycles. The number of halogens is 5. The molecule has 0 N–H and O–H groups in total. The van der Waals surface area contributed by atoms with E-state index < -0.39 is 44.0 Å². The molecule has 1 fully saturated rings. The minimum Gasteiger partial charge on any atom is -0.495 e. The topological polar surface area (TPSA) is 49.9 Å². The van der Waals surface area contributed by atoms with Crippen molar-refractivity contribution in [2.75, 3.05) is 38.2 Å². The molecular weight excluding hydrogens is 407 g/mol. The fourth-order valence-corrected chi connectivity index (χ4v) is 4.54. The van der Waals surface area contributed by atoms with Crippen molar-refractivity contribution in [2.45, 2.75) is 4.90 Å². The maximum absolute atomic E-state index is 13.9. The van der Waals surface area contributed by atoms with Crippen LogP contribution < -0.4 is 9.64 Å². The molecule has 0 radical (unpaired) electrons. The molecular formula is C17H15F5N2O3S. The van der Waals surface area contributed by atoms with E-state index in [1.807, 2.05) is 0 Å². The van der Waals surface area contributed by atoms with E-state index in [1.165, 1.54) is 7.11 Å². The Morgan fingerprint density at radius 2 is 1.32 bits per heavy atom. The lowest BCUT2D eigenvalue weighted by Gasteiger charge is -2.36. The van der Waals surface area contributed by atoms with E-state index in [2.05, 4.69) is 0 Å². The number of sulfonamides is 1. The van der Waals surface area contributed by atoms with Crippen molar-refractivity contribution < 1.29 is 35.1 Å². The Labute approximate surface area is 158 Å². The number of anilines is 1. The molecule has 1 aliphatic heterocycles. The molecule has 28 heavy (non-hydrogen) atoms. The number of hydrogen-bond acceptors (Lipinski definition) is 4. The first-order valence-corrected chi connectivity index (χ1v) is 9.53. The highest BCUT2D eigenvalue weighted by Gasteiger charge is 2.38. The Balaban J connectivity index is 1.89. The lowest BCUT2D eigenvalue weighted by Crippen LogP contribution is -2.49. The Hall–Kier alpha value is -2.40. The molecule has 11 heteroatoms. The van der Waals surface area contributed by atoms with Gasteiger partial charge in [-0.05, 0) is 12.1 Å². The van der Waals surface area contributed by atoms with Gasteiger partial charge in [-0.1, -0.05) is 12.1 Å². The van der Waals surface area contributed by atoms with Crippen LogP contribution in [0.25, 0.3) is 0 Å². The Morgan fingerprint density at radius 3 is 1.86 bits per heavy atom. The summed E-state index contributed by atoms with van der Waals surface area (Å²) in [6.07, 6.45) is 0. The van der Waals surface area contributed by atoms with Crippen LogP contribution in [0.15, 0.2) is 29.2 Å². The van der Waals surface area contributed by atoms with Gasteiger partial charge in [0, 0.05) is 26.2 Å². The second kappa shape index (κ2) is 7.55. The minimum absolute atomic E-state index is 0.134. The van der Waals surface area contributed by atoms with Crippen LogP contribution in [0.5, 0.6) is 5.75 Å². The summed E-state index contributed by atoms with van der Waals surface area (Å²) >= 11 is 0. The zero-order valence-corrected chi connectivity index (χ0v) is 15.4. The molecule has 1 saturated heterocycles. The smallest absolute Gasteiger partial charge is 0.249 e. The summed E-state index contributed by atoms with van der Waals surface area (Å²) in [4.78, 5) is -0.0433. The maximum Gasteiger partial charge on any atom is 0.249 e. The second-order valence-corrected chi connectivity index (χ2v) is 7.84. The fourth-order valence-electron chi connectivity index (χ4n) is 3.00. The largest absolute Gasteiger partial charge is 0.495 e. The van der Waals surface area contributed by atoms with E-state index in [1.54, 1.807) is 29.2 Å². The number of para-hydroxylation sites is 2. The van der Waals surface area contributed by atoms with Gasteiger partial charge in [0.2, 0.25) is 15.8 Å². The third-order valence-corrected chi connectivity index (χ3v) is 6.35. The zero-order valence-electron chi connectivity index (χ0n) is 14.6. The van der Waals surface area contributed by atoms with Gasteiger partial charge in [-0.15, -0.1) is 0 Å². The van der Waals surface area contributed by atoms with Gasteiger partial charge < -0.3 is 9.64 Å². The van der Waals surface area contributed by atoms with Gasteiger partial charge in [-0.2, -0.15) is 4.31 Å². The van der Waals surface area contributed by atoms with Gasteiger partial charge in [0.15, 0.2) is 28.2 Å². The first-order chi connectivity index (χ1) is 13.2. The van der Waals surface area contributed by atoms with E-state index >= 15 is 0 Å². The number of rotatable bonds is 4. The third kappa shape index (κ3) is 3.28. The first kappa shape index (κ1) is 20.3. The van der Waals surface area contributed by atoms with Crippen LogP contribution in [0.2, 0.25) is 0 Å². The average Bonchev–Trinajstić information content (AvgIpc) is 2.70. The highest BCUT2D eigenvalue weighted by molar-refractivity contribution is 7.89. The SMILES string of the molecule is COc1ccccc1N1CCN(S(=O)(=O)c2c(F)c(F)c(F)c(F)c2F)CC1. The third-order valence-electron chi connectivity index (χ3n) is 4.43. The van der Waals surface area contributed by atoms with Gasteiger partial charge >= 0.3 is 0 Å². The predicted octanol–water partition coefficient (Wildman–Crippen LogP) is 2.90. The number of ether oxygens (including phenoxy) is 1. The molecule has 0 spiro atoms. The molecule has 1 heterocycles. The van der Waals surface area contributed by atoms with Gasteiger partial charge in [0.1, 0.15) is 5.75 Å². The molecule has 0 aliphatic carbocycles. The molecule has 0 atom stereocenters. The van der Waals surface area contributed by atoms with E-state index in [0.29, 0.717) is 15.7 Å². The van der Waals surface area contributed by atoms with Crippen LogP contribution in [-0.2, 0) is 10.0 Å². The molecule has 3 rings (SSSR count). The predicted molar refractivity (Wildman–Crippen MR) is 90.2 cm³/mol. The van der Waals surface area contributed by atoms with Crippen molar-refractivity contribution in [1.82, 2.24) is 4.31 Å². The van der Waals surface area contributed by atoms with Crippen molar-refractivity contribution >= 4 is 15.7 Å². The standard InChI is InChI=1S/C17H15F5N2O3S/c1-27-11-5-3-2-4-10(11)23-6-8-24(9-7-23)28(25,26)17-15(21)13(19)12(18)14(20)16(17)22/h2-5H,6-9H2,1H3. The minimum atomic E-state index is -4.93. The number of nitrogens with zero attached hydrogens (tertiary/aromatic N) is 2. The van der Waals surface area contributed by atoms with E-state index in [9.17, 15) is 30.4 Å². The monoisotopic (exact) mass is 422 g/mol. The van der Waals surface area contributed by atoms with Crippen LogP contribution in [0.4, 0.5) is 27.6 Å². The second-order valence-electron chi connectivity index (χ2n) is 5.96. The Kier molecular flexibility index (Phi) is 5.48. The summed E-state index contributed by atoms with van der Waals surface area (Å²) in [6.45, 7) is -0.149. The highest BCUT2D eigenvalue weighted by atomic mass is 32.2. The molecule has 0 saturated carbocycles. The van der Waals surface area contributed by atoms with Crippen molar-refractivity contribution in [2.24, 2.45) is 0 Å². The number of piperazine rings is 1. The summed E-state index contributed by atoms with van der Waals surface area (Å²) in [7, 11) is -3.45. The molecule has 0 unspecified atom stereocenters. The first-order valence-electron chi connectivity index (χ1n) is 8.09. The molecule has 5 nitrogen and oxygen atoms in total. The summed E-state index contributed by atoms with van der Waals surface area (Å²) in [5.74, 6) is -11.2. The summed E-state index contributed by atoms with van der Waals surface area (Å²) in [5.41, 5.74) is 0.693. The van der Waals surface area contributed by atoms with Gasteiger partial charge in [0.05, 0.1) is 12.8 Å². The van der Waals surface area contributed by atoms with Crippen molar-refractivity contribution in [3.8, 4) is 5.75 Å². The summed E-state index contributed by atoms with van der Waals surface area (Å²) < 4.78 is 98.9. The number of methoxy groups -OCH3 is 1. The molecule has 0 amide bonds. The van der Waals surface area contributed by atoms with E-state index in [-0.39, 0.29) is 26.2 Å². The van der Waals surface area contributed by atoms with Crippen LogP contribution in [0, 0.1) is 29.1 Å². The quantitative estimate of drug-likeness (QED) is 0.432. The van der Waals surface area contributed by atoms with E-state index in [4.69, 9.17) is 4.74 Å². The van der Waals surface area contributed by atoms with Crippen LogP contribution in [0.3, 0.4) is 0 Å². The fraction of sp³-hybridized carbons (Fsp3) is 0.294. The summed E-state index contributed by atoms with van der Waals surface area (Å²) in [6, 6.07) is 6.99. The molecule has 0 bridgehead atoms. The molecule has 152 valence electrons.